The van der Waals surface area contributed by atoms with Crippen molar-refractivity contribution in [2.75, 3.05) is 6.54 Å². The van der Waals surface area contributed by atoms with Gasteiger partial charge in [-0.15, -0.1) is 0 Å². The lowest BCUT2D eigenvalue weighted by molar-refractivity contribution is 0.0630. The third-order valence-electron chi connectivity index (χ3n) is 4.72. The molecular formula is C19H19N5O2. The number of benzene rings is 1. The Morgan fingerprint density at radius 3 is 2.62 bits per heavy atom. The number of fused-ring (bicyclic) bond motifs is 1. The molecule has 7 nitrogen and oxygen atoms in total. The van der Waals surface area contributed by atoms with E-state index in [0.717, 1.165) is 11.4 Å². The van der Waals surface area contributed by atoms with Gasteiger partial charge in [-0.2, -0.15) is 5.10 Å². The van der Waals surface area contributed by atoms with E-state index in [1.807, 2.05) is 41.9 Å². The van der Waals surface area contributed by atoms with E-state index in [1.165, 1.54) is 10.6 Å². The van der Waals surface area contributed by atoms with Gasteiger partial charge in [-0.05, 0) is 13.0 Å². The summed E-state index contributed by atoms with van der Waals surface area (Å²) in [6.07, 6.45) is 1.58. The first kappa shape index (κ1) is 16.3. The van der Waals surface area contributed by atoms with Crippen LogP contribution >= 0.6 is 0 Å². The van der Waals surface area contributed by atoms with Crippen LogP contribution in [0.15, 0.2) is 53.5 Å². The average Bonchev–Trinajstić information content (AvgIpc) is 3.10. The third-order valence-corrected chi connectivity index (χ3v) is 4.72. The van der Waals surface area contributed by atoms with Gasteiger partial charge in [0.1, 0.15) is 5.82 Å². The molecule has 0 N–H and O–H groups in total. The van der Waals surface area contributed by atoms with Gasteiger partial charge in [0.05, 0.1) is 18.2 Å². The summed E-state index contributed by atoms with van der Waals surface area (Å²) in [6.45, 7) is 3.10. The van der Waals surface area contributed by atoms with E-state index in [4.69, 9.17) is 0 Å². The summed E-state index contributed by atoms with van der Waals surface area (Å²) in [7, 11) is 1.64. The summed E-state index contributed by atoms with van der Waals surface area (Å²) >= 11 is 0. The number of nitrogens with zero attached hydrogens (tertiary/aromatic N) is 5. The summed E-state index contributed by atoms with van der Waals surface area (Å²) in [5.74, 6) is 1.33. The van der Waals surface area contributed by atoms with Crippen molar-refractivity contribution in [3.05, 3.63) is 70.4 Å². The zero-order valence-electron chi connectivity index (χ0n) is 14.7. The first-order chi connectivity index (χ1) is 12.5. The summed E-state index contributed by atoms with van der Waals surface area (Å²) in [5.41, 5.74) is 1.31. The Morgan fingerprint density at radius 1 is 1.12 bits per heavy atom. The van der Waals surface area contributed by atoms with Crippen molar-refractivity contribution < 1.29 is 4.79 Å². The first-order valence-corrected chi connectivity index (χ1v) is 8.52. The lowest BCUT2D eigenvalue weighted by atomic mass is 10.1. The lowest BCUT2D eigenvalue weighted by Gasteiger charge is -2.33. The number of carbonyl (C=O) groups excluding carboxylic acids is 1. The molecule has 0 fully saturated rings. The van der Waals surface area contributed by atoms with Gasteiger partial charge in [0.25, 0.3) is 5.91 Å². The van der Waals surface area contributed by atoms with Crippen LogP contribution in [0.5, 0.6) is 0 Å². The van der Waals surface area contributed by atoms with E-state index < -0.39 is 0 Å². The van der Waals surface area contributed by atoms with E-state index >= 15 is 0 Å². The van der Waals surface area contributed by atoms with Gasteiger partial charge in [-0.3, -0.25) is 9.59 Å². The van der Waals surface area contributed by atoms with Crippen LogP contribution in [0.2, 0.25) is 0 Å². The molecule has 1 aliphatic rings. The molecule has 0 bridgehead atoms. The second-order valence-corrected chi connectivity index (χ2v) is 6.42. The highest BCUT2D eigenvalue weighted by molar-refractivity contribution is 5.94. The molecule has 3 heterocycles. The minimum Gasteiger partial charge on any atom is -0.327 e. The standard InChI is InChI=1S/C19H19N5O2/c1-13-18-20-17(14-6-4-3-5-7-14)21-24(18)11-10-23(13)19(26)15-8-9-16(25)22(2)12-15/h3-9,12-13H,10-11H2,1-2H3/t13-/m0/s1. The van der Waals surface area contributed by atoms with Gasteiger partial charge in [-0.25, -0.2) is 9.67 Å². The molecule has 0 radical (unpaired) electrons. The number of aryl methyl sites for hydroxylation is 1. The predicted molar refractivity (Wildman–Crippen MR) is 96.6 cm³/mol. The number of aromatic nitrogens is 4. The first-order valence-electron chi connectivity index (χ1n) is 8.52. The van der Waals surface area contributed by atoms with Crippen LogP contribution in [0, 0.1) is 0 Å². The Hall–Kier alpha value is -3.22. The summed E-state index contributed by atoms with van der Waals surface area (Å²) in [5, 5.41) is 4.59. The molecule has 26 heavy (non-hydrogen) atoms. The summed E-state index contributed by atoms with van der Waals surface area (Å²) in [6, 6.07) is 12.6. The Labute approximate surface area is 150 Å². The van der Waals surface area contributed by atoms with Gasteiger partial charge >= 0.3 is 0 Å². The van der Waals surface area contributed by atoms with Crippen LogP contribution in [0.25, 0.3) is 11.4 Å². The van der Waals surface area contributed by atoms with Gasteiger partial charge in [0.15, 0.2) is 5.82 Å². The number of pyridine rings is 1. The van der Waals surface area contributed by atoms with Gasteiger partial charge < -0.3 is 9.47 Å². The monoisotopic (exact) mass is 349 g/mol. The smallest absolute Gasteiger partial charge is 0.256 e. The largest absolute Gasteiger partial charge is 0.327 e. The van der Waals surface area contributed by atoms with Crippen LogP contribution < -0.4 is 5.56 Å². The van der Waals surface area contributed by atoms with Crippen molar-refractivity contribution in [3.63, 3.8) is 0 Å². The SMILES string of the molecule is C[C@H]1c2nc(-c3ccccc3)nn2CCN1C(=O)c1ccc(=O)n(C)c1. The maximum Gasteiger partial charge on any atom is 0.256 e. The minimum atomic E-state index is -0.196. The van der Waals surface area contributed by atoms with Crippen molar-refractivity contribution in [2.24, 2.45) is 7.05 Å². The number of hydrogen-bond donors (Lipinski definition) is 0. The van der Waals surface area contributed by atoms with Crippen molar-refractivity contribution >= 4 is 5.91 Å². The fourth-order valence-corrected chi connectivity index (χ4v) is 3.24. The second-order valence-electron chi connectivity index (χ2n) is 6.42. The van der Waals surface area contributed by atoms with E-state index in [9.17, 15) is 9.59 Å². The molecule has 4 rings (SSSR count). The fraction of sp³-hybridized carbons (Fsp3) is 0.263. The normalized spacial score (nSPS) is 16.4. The highest BCUT2D eigenvalue weighted by Gasteiger charge is 2.31. The fourth-order valence-electron chi connectivity index (χ4n) is 3.24. The second kappa shape index (κ2) is 6.25. The van der Waals surface area contributed by atoms with Crippen molar-refractivity contribution in [3.8, 4) is 11.4 Å². The van der Waals surface area contributed by atoms with Crippen LogP contribution in [0.1, 0.15) is 29.1 Å². The Balaban J connectivity index is 1.64. The molecule has 1 amide bonds. The van der Waals surface area contributed by atoms with E-state index in [-0.39, 0.29) is 17.5 Å². The Kier molecular flexibility index (Phi) is 3.91. The maximum atomic E-state index is 12.9. The van der Waals surface area contributed by atoms with Gasteiger partial charge in [0, 0.05) is 31.4 Å². The zero-order chi connectivity index (χ0) is 18.3. The number of carbonyl (C=O) groups is 1. The third kappa shape index (κ3) is 2.71. The maximum absolute atomic E-state index is 12.9. The minimum absolute atomic E-state index is 0.108. The Morgan fingerprint density at radius 2 is 1.88 bits per heavy atom. The predicted octanol–water partition coefficient (Wildman–Crippen LogP) is 1.86. The van der Waals surface area contributed by atoms with Crippen LogP contribution in [-0.2, 0) is 13.6 Å². The molecule has 0 saturated carbocycles. The molecule has 0 unspecified atom stereocenters. The molecule has 0 saturated heterocycles. The van der Waals surface area contributed by atoms with E-state index in [0.29, 0.717) is 24.5 Å². The highest BCUT2D eigenvalue weighted by Crippen LogP contribution is 2.27. The molecule has 3 aromatic rings. The topological polar surface area (TPSA) is 73.0 Å². The zero-order valence-corrected chi connectivity index (χ0v) is 14.7. The Bertz CT molecular complexity index is 1020. The number of rotatable bonds is 2. The molecular weight excluding hydrogens is 330 g/mol. The highest BCUT2D eigenvalue weighted by atomic mass is 16.2. The quantitative estimate of drug-likeness (QED) is 0.708. The summed E-state index contributed by atoms with van der Waals surface area (Å²) in [4.78, 5) is 30.9. The van der Waals surface area contributed by atoms with E-state index in [2.05, 4.69) is 10.1 Å². The van der Waals surface area contributed by atoms with Gasteiger partial charge in [-0.1, -0.05) is 30.3 Å². The van der Waals surface area contributed by atoms with Crippen molar-refractivity contribution in [2.45, 2.75) is 19.5 Å². The van der Waals surface area contributed by atoms with E-state index in [1.54, 1.807) is 24.2 Å². The number of amides is 1. The average molecular weight is 349 g/mol. The lowest BCUT2D eigenvalue weighted by Crippen LogP contribution is -2.41. The molecule has 0 aliphatic carbocycles. The molecule has 0 spiro atoms. The molecule has 1 atom stereocenters. The molecule has 2 aromatic heterocycles. The number of hydrogen-bond acceptors (Lipinski definition) is 4. The molecule has 1 aromatic carbocycles. The van der Waals surface area contributed by atoms with Crippen LogP contribution in [0.3, 0.4) is 0 Å². The molecule has 132 valence electrons. The van der Waals surface area contributed by atoms with Crippen LogP contribution in [-0.4, -0.2) is 36.7 Å². The molecule has 7 heteroatoms. The van der Waals surface area contributed by atoms with Crippen molar-refractivity contribution in [1.29, 1.82) is 0 Å². The van der Waals surface area contributed by atoms with Crippen LogP contribution in [0.4, 0.5) is 0 Å². The van der Waals surface area contributed by atoms with Gasteiger partial charge in [0.2, 0.25) is 5.56 Å². The molecule has 1 aliphatic heterocycles. The summed E-state index contributed by atoms with van der Waals surface area (Å²) < 4.78 is 3.29. The van der Waals surface area contributed by atoms with Crippen molar-refractivity contribution in [1.82, 2.24) is 24.2 Å².